The quantitative estimate of drug-likeness (QED) is 0.820. The van der Waals surface area contributed by atoms with Gasteiger partial charge in [0, 0.05) is 17.4 Å². The minimum absolute atomic E-state index is 0.0264. The van der Waals surface area contributed by atoms with Gasteiger partial charge in [0.1, 0.15) is 0 Å². The maximum atomic E-state index is 12.1. The van der Waals surface area contributed by atoms with E-state index in [-0.39, 0.29) is 25.1 Å². The third kappa shape index (κ3) is 4.50. The van der Waals surface area contributed by atoms with Crippen LogP contribution < -0.4 is 4.31 Å². The summed E-state index contributed by atoms with van der Waals surface area (Å²) in [6, 6.07) is 6.99. The Labute approximate surface area is 121 Å². The zero-order chi connectivity index (χ0) is 14.5. The van der Waals surface area contributed by atoms with Crippen LogP contribution in [0, 0.1) is 0 Å². The molecule has 106 valence electrons. The molecule has 1 rings (SSSR count). The molecule has 1 aromatic carbocycles. The number of carboxylic acid groups (broad SMARTS) is 1. The van der Waals surface area contributed by atoms with Crippen molar-refractivity contribution >= 4 is 37.6 Å². The zero-order valence-corrected chi connectivity index (χ0v) is 12.9. The first-order chi connectivity index (χ1) is 8.88. The molecule has 0 aliphatic carbocycles. The maximum absolute atomic E-state index is 12.1. The lowest BCUT2D eigenvalue weighted by Gasteiger charge is -2.24. The Morgan fingerprint density at radius 1 is 1.37 bits per heavy atom. The van der Waals surface area contributed by atoms with Crippen LogP contribution in [0.1, 0.15) is 19.8 Å². The van der Waals surface area contributed by atoms with E-state index in [1.807, 2.05) is 0 Å². The highest BCUT2D eigenvalue weighted by molar-refractivity contribution is 9.10. The van der Waals surface area contributed by atoms with Crippen LogP contribution in [0.2, 0.25) is 0 Å². The second-order valence-electron chi connectivity index (χ2n) is 3.92. The number of halogens is 1. The van der Waals surface area contributed by atoms with E-state index < -0.39 is 16.0 Å². The normalized spacial score (nSPS) is 11.3. The average Bonchev–Trinajstić information content (AvgIpc) is 2.35. The van der Waals surface area contributed by atoms with Crippen molar-refractivity contribution in [2.24, 2.45) is 0 Å². The predicted octanol–water partition coefficient (Wildman–Crippen LogP) is 2.47. The molecule has 0 aromatic heterocycles. The summed E-state index contributed by atoms with van der Waals surface area (Å²) in [6.07, 6.45) is 0.218. The first-order valence-electron chi connectivity index (χ1n) is 5.85. The van der Waals surface area contributed by atoms with E-state index in [4.69, 9.17) is 5.11 Å². The Morgan fingerprint density at radius 3 is 2.53 bits per heavy atom. The topological polar surface area (TPSA) is 74.7 Å². The zero-order valence-electron chi connectivity index (χ0n) is 10.5. The molecule has 0 spiro atoms. The Morgan fingerprint density at radius 2 is 2.00 bits per heavy atom. The molecule has 19 heavy (non-hydrogen) atoms. The van der Waals surface area contributed by atoms with Gasteiger partial charge < -0.3 is 5.11 Å². The summed E-state index contributed by atoms with van der Waals surface area (Å²) in [4.78, 5) is 10.5. The molecule has 0 saturated carbocycles. The Balaban J connectivity index is 3.00. The molecular weight excluding hydrogens is 334 g/mol. The number of carboxylic acids is 1. The molecule has 0 heterocycles. The van der Waals surface area contributed by atoms with Gasteiger partial charge in [0.05, 0.1) is 11.4 Å². The van der Waals surface area contributed by atoms with Crippen LogP contribution in [0.3, 0.4) is 0 Å². The van der Waals surface area contributed by atoms with Gasteiger partial charge in [-0.2, -0.15) is 0 Å². The van der Waals surface area contributed by atoms with Crippen LogP contribution in [-0.2, 0) is 14.8 Å². The van der Waals surface area contributed by atoms with Gasteiger partial charge in [0.2, 0.25) is 10.0 Å². The number of benzene rings is 1. The lowest BCUT2D eigenvalue weighted by molar-refractivity contribution is -0.137. The molecule has 0 radical (unpaired) electrons. The molecule has 1 N–H and O–H groups in total. The van der Waals surface area contributed by atoms with Gasteiger partial charge in [-0.25, -0.2) is 8.42 Å². The van der Waals surface area contributed by atoms with Crippen LogP contribution in [0.25, 0.3) is 0 Å². The number of anilines is 1. The molecule has 7 heteroatoms. The first kappa shape index (κ1) is 16.0. The van der Waals surface area contributed by atoms with Crippen molar-refractivity contribution in [2.45, 2.75) is 19.8 Å². The summed E-state index contributed by atoms with van der Waals surface area (Å²) < 4.78 is 26.1. The lowest BCUT2D eigenvalue weighted by atomic mass is 10.3. The van der Waals surface area contributed by atoms with E-state index in [9.17, 15) is 13.2 Å². The second kappa shape index (κ2) is 6.91. The molecule has 0 unspecified atom stereocenters. The lowest BCUT2D eigenvalue weighted by Crippen LogP contribution is -2.33. The molecule has 1 aromatic rings. The average molecular weight is 350 g/mol. The van der Waals surface area contributed by atoms with E-state index in [1.54, 1.807) is 31.2 Å². The molecule has 0 saturated heterocycles. The van der Waals surface area contributed by atoms with Crippen molar-refractivity contribution in [2.75, 3.05) is 16.6 Å². The molecular formula is C12H16BrNO4S. The van der Waals surface area contributed by atoms with Crippen molar-refractivity contribution in [1.29, 1.82) is 0 Å². The highest BCUT2D eigenvalue weighted by Crippen LogP contribution is 2.28. The summed E-state index contributed by atoms with van der Waals surface area (Å²) in [5, 5.41) is 8.63. The van der Waals surface area contributed by atoms with Gasteiger partial charge in [-0.3, -0.25) is 9.10 Å². The monoisotopic (exact) mass is 349 g/mol. The number of hydrogen-bond acceptors (Lipinski definition) is 3. The fraction of sp³-hybridized carbons (Fsp3) is 0.417. The summed E-state index contributed by atoms with van der Waals surface area (Å²) >= 11 is 3.32. The fourth-order valence-corrected chi connectivity index (χ4v) is 3.39. The molecule has 0 aliphatic rings. The van der Waals surface area contributed by atoms with Crippen molar-refractivity contribution in [3.63, 3.8) is 0 Å². The van der Waals surface area contributed by atoms with Gasteiger partial charge in [-0.15, -0.1) is 0 Å². The van der Waals surface area contributed by atoms with Crippen LogP contribution in [0.5, 0.6) is 0 Å². The molecule has 0 bridgehead atoms. The van der Waals surface area contributed by atoms with Crippen molar-refractivity contribution < 1.29 is 18.3 Å². The van der Waals surface area contributed by atoms with E-state index in [1.165, 1.54) is 4.31 Å². The van der Waals surface area contributed by atoms with Crippen LogP contribution >= 0.6 is 15.9 Å². The van der Waals surface area contributed by atoms with Gasteiger partial charge >= 0.3 is 5.97 Å². The van der Waals surface area contributed by atoms with Gasteiger partial charge in [-0.1, -0.05) is 12.1 Å². The van der Waals surface area contributed by atoms with Gasteiger partial charge in [0.25, 0.3) is 0 Å². The minimum atomic E-state index is -3.42. The highest BCUT2D eigenvalue weighted by atomic mass is 79.9. The number of rotatable bonds is 7. The molecule has 0 atom stereocenters. The smallest absolute Gasteiger partial charge is 0.303 e. The highest BCUT2D eigenvalue weighted by Gasteiger charge is 2.22. The molecule has 0 fully saturated rings. The number of para-hydroxylation sites is 1. The summed E-state index contributed by atoms with van der Waals surface area (Å²) in [6.45, 7) is 1.72. The third-order valence-electron chi connectivity index (χ3n) is 2.57. The SMILES string of the molecule is CCS(=O)(=O)N(CCCC(=O)O)c1ccccc1Br. The van der Waals surface area contributed by atoms with Crippen molar-refractivity contribution in [1.82, 2.24) is 0 Å². The largest absolute Gasteiger partial charge is 0.481 e. The van der Waals surface area contributed by atoms with Gasteiger partial charge in [-0.05, 0) is 41.4 Å². The number of aliphatic carboxylic acids is 1. The second-order valence-corrected chi connectivity index (χ2v) is 6.96. The summed E-state index contributed by atoms with van der Waals surface area (Å²) in [5.41, 5.74) is 0.537. The van der Waals surface area contributed by atoms with E-state index in [0.717, 1.165) is 0 Å². The Bertz CT molecular complexity index is 544. The maximum Gasteiger partial charge on any atom is 0.303 e. The van der Waals surface area contributed by atoms with Crippen LogP contribution in [-0.4, -0.2) is 31.8 Å². The molecule has 0 amide bonds. The summed E-state index contributed by atoms with van der Waals surface area (Å²) in [7, 11) is -3.42. The van der Waals surface area contributed by atoms with Gasteiger partial charge in [0.15, 0.2) is 0 Å². The third-order valence-corrected chi connectivity index (χ3v) is 5.02. The van der Waals surface area contributed by atoms with E-state index in [2.05, 4.69) is 15.9 Å². The fourth-order valence-electron chi connectivity index (χ4n) is 1.59. The van der Waals surface area contributed by atoms with Crippen LogP contribution in [0.4, 0.5) is 5.69 Å². The van der Waals surface area contributed by atoms with Crippen molar-refractivity contribution in [3.8, 4) is 0 Å². The number of carbonyl (C=O) groups is 1. The summed E-state index contributed by atoms with van der Waals surface area (Å²) in [5.74, 6) is -0.956. The van der Waals surface area contributed by atoms with E-state index >= 15 is 0 Å². The first-order valence-corrected chi connectivity index (χ1v) is 8.25. The standard InChI is InChI=1S/C12H16BrNO4S/c1-2-19(17,18)14(9-5-8-12(15)16)11-7-4-3-6-10(11)13/h3-4,6-7H,2,5,8-9H2,1H3,(H,15,16). The van der Waals surface area contributed by atoms with E-state index in [0.29, 0.717) is 10.2 Å². The predicted molar refractivity (Wildman–Crippen MR) is 77.8 cm³/mol. The molecule has 5 nitrogen and oxygen atoms in total. The number of hydrogen-bond donors (Lipinski definition) is 1. The minimum Gasteiger partial charge on any atom is -0.481 e. The Hall–Kier alpha value is -1.08. The van der Waals surface area contributed by atoms with Crippen LogP contribution in [0.15, 0.2) is 28.7 Å². The Kier molecular flexibility index (Phi) is 5.81. The number of nitrogens with zero attached hydrogens (tertiary/aromatic N) is 1. The molecule has 0 aliphatic heterocycles. The van der Waals surface area contributed by atoms with Crippen molar-refractivity contribution in [3.05, 3.63) is 28.7 Å². The number of sulfonamides is 1.